The largest absolute Gasteiger partial charge is 0.486 e. The first-order chi connectivity index (χ1) is 15.6. The molecule has 1 amide bonds. The number of fused-ring (bicyclic) bond motifs is 2. The van der Waals surface area contributed by atoms with Crippen LogP contribution in [-0.2, 0) is 24.1 Å². The molecular formula is C23H25N3O4S2. The molecule has 1 aromatic carbocycles. The van der Waals surface area contributed by atoms with Gasteiger partial charge in [-0.05, 0) is 60.9 Å². The summed E-state index contributed by atoms with van der Waals surface area (Å²) in [5.41, 5.74) is 2.50. The van der Waals surface area contributed by atoms with E-state index < -0.39 is 0 Å². The molecule has 0 fully saturated rings. The van der Waals surface area contributed by atoms with Crippen LogP contribution in [0.2, 0.25) is 0 Å². The van der Waals surface area contributed by atoms with Gasteiger partial charge in [-0.1, -0.05) is 24.8 Å². The molecule has 0 spiro atoms. The van der Waals surface area contributed by atoms with Crippen molar-refractivity contribution >= 4 is 29.0 Å². The van der Waals surface area contributed by atoms with E-state index in [0.29, 0.717) is 30.9 Å². The summed E-state index contributed by atoms with van der Waals surface area (Å²) in [5.74, 6) is 2.99. The number of thioether (sulfide) groups is 1. The third-order valence-electron chi connectivity index (χ3n) is 5.62. The minimum absolute atomic E-state index is 0.0622. The maximum atomic E-state index is 12.2. The van der Waals surface area contributed by atoms with Gasteiger partial charge in [-0.15, -0.1) is 21.5 Å². The van der Waals surface area contributed by atoms with Gasteiger partial charge in [0.15, 0.2) is 11.5 Å². The fourth-order valence-electron chi connectivity index (χ4n) is 3.95. The van der Waals surface area contributed by atoms with E-state index in [0.717, 1.165) is 47.1 Å². The lowest BCUT2D eigenvalue weighted by molar-refractivity contribution is -0.118. The Labute approximate surface area is 194 Å². The van der Waals surface area contributed by atoms with E-state index in [2.05, 4.69) is 28.5 Å². The van der Waals surface area contributed by atoms with Crippen LogP contribution < -0.4 is 14.8 Å². The van der Waals surface area contributed by atoms with Crippen molar-refractivity contribution in [3.63, 3.8) is 0 Å². The highest BCUT2D eigenvalue weighted by atomic mass is 32.2. The van der Waals surface area contributed by atoms with Crippen molar-refractivity contribution in [3.8, 4) is 22.3 Å². The van der Waals surface area contributed by atoms with E-state index in [1.807, 2.05) is 18.2 Å². The van der Waals surface area contributed by atoms with Gasteiger partial charge in [0.2, 0.25) is 5.91 Å². The molecule has 3 heterocycles. The number of carbonyl (C=O) groups is 1. The maximum Gasteiger partial charge on any atom is 0.277 e. The zero-order chi connectivity index (χ0) is 21.9. The van der Waals surface area contributed by atoms with E-state index >= 15 is 0 Å². The minimum Gasteiger partial charge on any atom is -0.486 e. The van der Waals surface area contributed by atoms with Crippen molar-refractivity contribution in [1.29, 1.82) is 0 Å². The van der Waals surface area contributed by atoms with Gasteiger partial charge in [0, 0.05) is 11.4 Å². The minimum atomic E-state index is -0.0622. The Bertz CT molecular complexity index is 1110. The number of nitrogens with zero attached hydrogens (tertiary/aromatic N) is 2. The van der Waals surface area contributed by atoms with Crippen LogP contribution in [0, 0.1) is 5.92 Å². The van der Waals surface area contributed by atoms with Gasteiger partial charge in [-0.2, -0.15) is 0 Å². The normalized spacial score (nSPS) is 17.1. The second-order valence-electron chi connectivity index (χ2n) is 8.15. The summed E-state index contributed by atoms with van der Waals surface area (Å²) >= 11 is 3.00. The Hall–Kier alpha value is -2.52. The number of aromatic nitrogens is 2. The summed E-state index contributed by atoms with van der Waals surface area (Å²) < 4.78 is 16.9. The van der Waals surface area contributed by atoms with Gasteiger partial charge >= 0.3 is 0 Å². The molecule has 1 unspecified atom stereocenters. The smallest absolute Gasteiger partial charge is 0.277 e. The Morgan fingerprint density at radius 1 is 1.22 bits per heavy atom. The summed E-state index contributed by atoms with van der Waals surface area (Å²) in [6.45, 7) is 3.99. The quantitative estimate of drug-likeness (QED) is 0.518. The van der Waals surface area contributed by atoms with Crippen molar-refractivity contribution in [2.75, 3.05) is 25.5 Å². The van der Waals surface area contributed by atoms with Gasteiger partial charge in [0.25, 0.3) is 11.1 Å². The summed E-state index contributed by atoms with van der Waals surface area (Å²) in [5, 5.41) is 11.6. The number of hydrogen-bond donors (Lipinski definition) is 1. The highest BCUT2D eigenvalue weighted by Crippen LogP contribution is 2.37. The topological polar surface area (TPSA) is 86.5 Å². The lowest BCUT2D eigenvalue weighted by Gasteiger charge is -2.18. The van der Waals surface area contributed by atoms with Crippen molar-refractivity contribution in [3.05, 3.63) is 40.3 Å². The van der Waals surface area contributed by atoms with Crippen LogP contribution in [0.25, 0.3) is 10.8 Å². The number of carbonyl (C=O) groups excluding carboxylic acids is 1. The third kappa shape index (κ3) is 4.94. The lowest BCUT2D eigenvalue weighted by Crippen LogP contribution is -2.27. The summed E-state index contributed by atoms with van der Waals surface area (Å²) in [4.78, 5) is 14.7. The Morgan fingerprint density at radius 2 is 2.09 bits per heavy atom. The first-order valence-corrected chi connectivity index (χ1v) is 12.7. The molecule has 3 aromatic rings. The zero-order valence-electron chi connectivity index (χ0n) is 17.9. The van der Waals surface area contributed by atoms with Crippen molar-refractivity contribution in [2.45, 2.75) is 37.8 Å². The number of ether oxygens (including phenoxy) is 2. The van der Waals surface area contributed by atoms with Crippen LogP contribution >= 0.6 is 23.1 Å². The van der Waals surface area contributed by atoms with Gasteiger partial charge in [0.05, 0.1) is 10.6 Å². The van der Waals surface area contributed by atoms with Crippen molar-refractivity contribution in [2.24, 2.45) is 5.92 Å². The molecule has 9 heteroatoms. The van der Waals surface area contributed by atoms with Crippen molar-refractivity contribution < 1.29 is 18.7 Å². The molecule has 2 aliphatic rings. The number of rotatable bonds is 7. The molecular weight excluding hydrogens is 446 g/mol. The predicted octanol–water partition coefficient (Wildman–Crippen LogP) is 4.15. The number of hydrogen-bond acceptors (Lipinski definition) is 8. The maximum absolute atomic E-state index is 12.2. The molecule has 168 valence electrons. The van der Waals surface area contributed by atoms with Crippen LogP contribution in [0.4, 0.5) is 0 Å². The van der Waals surface area contributed by atoms with Crippen LogP contribution in [0.15, 0.2) is 33.9 Å². The van der Waals surface area contributed by atoms with Gasteiger partial charge < -0.3 is 19.2 Å². The molecule has 1 N–H and O–H groups in total. The molecule has 0 saturated carbocycles. The summed E-state index contributed by atoms with van der Waals surface area (Å²) in [6.07, 6.45) is 4.21. The van der Waals surface area contributed by atoms with Gasteiger partial charge in [-0.3, -0.25) is 4.79 Å². The fourth-order valence-corrected chi connectivity index (χ4v) is 5.67. The first-order valence-electron chi connectivity index (χ1n) is 10.9. The highest BCUT2D eigenvalue weighted by molar-refractivity contribution is 7.99. The first kappa shape index (κ1) is 21.3. The molecule has 1 atom stereocenters. The van der Waals surface area contributed by atoms with E-state index in [9.17, 15) is 4.79 Å². The van der Waals surface area contributed by atoms with E-state index in [1.165, 1.54) is 28.6 Å². The van der Waals surface area contributed by atoms with Gasteiger partial charge in [0.1, 0.15) is 13.2 Å². The molecule has 0 saturated heterocycles. The number of aryl methyl sites for hydroxylation is 1. The summed E-state index contributed by atoms with van der Waals surface area (Å²) in [7, 11) is 0. The fraction of sp³-hybridized carbons (Fsp3) is 0.435. The number of nitrogens with one attached hydrogen (secondary N) is 1. The third-order valence-corrected chi connectivity index (χ3v) is 7.66. The van der Waals surface area contributed by atoms with Crippen LogP contribution in [0.1, 0.15) is 29.3 Å². The average molecular weight is 472 g/mol. The lowest BCUT2D eigenvalue weighted by atomic mass is 9.90. The van der Waals surface area contributed by atoms with Crippen LogP contribution in [-0.4, -0.2) is 41.6 Å². The monoisotopic (exact) mass is 471 g/mol. The second-order valence-corrected chi connectivity index (χ2v) is 10.2. The molecule has 7 nitrogen and oxygen atoms in total. The predicted molar refractivity (Wildman–Crippen MR) is 124 cm³/mol. The Morgan fingerprint density at radius 3 is 3.00 bits per heavy atom. The van der Waals surface area contributed by atoms with Gasteiger partial charge in [-0.25, -0.2) is 0 Å². The van der Waals surface area contributed by atoms with Crippen LogP contribution in [0.3, 0.4) is 0 Å². The molecule has 5 rings (SSSR count). The number of amides is 1. The Balaban J connectivity index is 1.09. The Kier molecular flexibility index (Phi) is 6.36. The molecule has 2 aromatic heterocycles. The molecule has 1 aliphatic heterocycles. The number of thiophene rings is 1. The average Bonchev–Trinajstić information content (AvgIpc) is 3.44. The summed E-state index contributed by atoms with van der Waals surface area (Å²) in [6, 6.07) is 8.07. The van der Waals surface area contributed by atoms with Crippen molar-refractivity contribution in [1.82, 2.24) is 15.5 Å². The zero-order valence-corrected chi connectivity index (χ0v) is 19.5. The standard InChI is InChI=1S/C23H25N3O4S2/c1-14-2-5-19-16(10-14)12-20(32-19)22-25-26-23(30-22)31-13-21(27)24-7-6-15-3-4-17-18(11-15)29-9-8-28-17/h3-4,11-12,14H,2,5-10,13H2,1H3,(H,24,27). The van der Waals surface area contributed by atoms with E-state index in [1.54, 1.807) is 11.3 Å². The SMILES string of the molecule is CC1CCc2sc(-c3nnc(SCC(=O)NCCc4ccc5c(c4)OCCO5)o3)cc2C1. The molecule has 0 bridgehead atoms. The molecule has 0 radical (unpaired) electrons. The van der Waals surface area contributed by atoms with Crippen LogP contribution in [0.5, 0.6) is 11.5 Å². The molecule has 1 aliphatic carbocycles. The van der Waals surface area contributed by atoms with E-state index in [-0.39, 0.29) is 11.7 Å². The second kappa shape index (κ2) is 9.54. The highest BCUT2D eigenvalue weighted by Gasteiger charge is 2.21. The molecule has 32 heavy (non-hydrogen) atoms. The number of benzene rings is 1. The van der Waals surface area contributed by atoms with E-state index in [4.69, 9.17) is 13.9 Å².